The fourth-order valence-electron chi connectivity index (χ4n) is 1.64. The van der Waals surface area contributed by atoms with E-state index in [4.69, 9.17) is 16.3 Å². The van der Waals surface area contributed by atoms with Crippen molar-refractivity contribution in [3.8, 4) is 5.75 Å². The lowest BCUT2D eigenvalue weighted by Crippen LogP contribution is -2.41. The molecule has 1 rings (SSSR count). The van der Waals surface area contributed by atoms with Crippen molar-refractivity contribution in [3.63, 3.8) is 0 Å². The summed E-state index contributed by atoms with van der Waals surface area (Å²) in [5.41, 5.74) is 0. The lowest BCUT2D eigenvalue weighted by molar-refractivity contribution is -0.127. The van der Waals surface area contributed by atoms with E-state index in [-0.39, 0.29) is 11.9 Å². The molecule has 0 aliphatic carbocycles. The predicted molar refractivity (Wildman–Crippen MR) is 74.1 cm³/mol. The third kappa shape index (κ3) is 4.96. The van der Waals surface area contributed by atoms with Crippen LogP contribution in [0.25, 0.3) is 0 Å². The molecule has 1 aromatic rings. The minimum Gasteiger partial charge on any atom is -0.481 e. The Hall–Kier alpha value is -1.22. The lowest BCUT2D eigenvalue weighted by atomic mass is 10.2. The highest BCUT2D eigenvalue weighted by atomic mass is 35.5. The monoisotopic (exact) mass is 269 g/mol. The average molecular weight is 270 g/mol. The van der Waals surface area contributed by atoms with Gasteiger partial charge in [-0.2, -0.15) is 0 Å². The van der Waals surface area contributed by atoms with Crippen LogP contribution in [0.4, 0.5) is 0 Å². The second kappa shape index (κ2) is 7.27. The van der Waals surface area contributed by atoms with Gasteiger partial charge in [-0.1, -0.05) is 24.9 Å². The zero-order valence-electron chi connectivity index (χ0n) is 11.1. The van der Waals surface area contributed by atoms with E-state index in [1.807, 2.05) is 6.92 Å². The topological polar surface area (TPSA) is 38.3 Å². The molecule has 4 heteroatoms. The first-order chi connectivity index (χ1) is 8.52. The van der Waals surface area contributed by atoms with Gasteiger partial charge in [-0.3, -0.25) is 4.79 Å². The molecule has 0 saturated carbocycles. The van der Waals surface area contributed by atoms with Crippen LogP contribution >= 0.6 is 11.6 Å². The number of hydrogen-bond acceptors (Lipinski definition) is 2. The van der Waals surface area contributed by atoms with E-state index in [0.717, 1.165) is 12.8 Å². The minimum atomic E-state index is -0.509. The highest BCUT2D eigenvalue weighted by molar-refractivity contribution is 6.30. The van der Waals surface area contributed by atoms with Gasteiger partial charge >= 0.3 is 0 Å². The second-order valence-electron chi connectivity index (χ2n) is 4.41. The van der Waals surface area contributed by atoms with Crippen LogP contribution in [0.5, 0.6) is 5.75 Å². The molecule has 0 bridgehead atoms. The maximum absolute atomic E-state index is 11.8. The van der Waals surface area contributed by atoms with Gasteiger partial charge in [0, 0.05) is 11.1 Å². The van der Waals surface area contributed by atoms with E-state index in [2.05, 4.69) is 12.2 Å². The molecule has 0 spiro atoms. The first-order valence-corrected chi connectivity index (χ1v) is 6.63. The maximum Gasteiger partial charge on any atom is 0.260 e. The molecular weight excluding hydrogens is 250 g/mol. The Morgan fingerprint density at radius 2 is 1.94 bits per heavy atom. The zero-order chi connectivity index (χ0) is 13.5. The van der Waals surface area contributed by atoms with Crippen LogP contribution in [-0.4, -0.2) is 18.1 Å². The van der Waals surface area contributed by atoms with Gasteiger partial charge in [-0.25, -0.2) is 0 Å². The van der Waals surface area contributed by atoms with Crippen LogP contribution in [0.2, 0.25) is 5.02 Å². The van der Waals surface area contributed by atoms with Crippen LogP contribution in [-0.2, 0) is 4.79 Å². The van der Waals surface area contributed by atoms with Gasteiger partial charge in [0.1, 0.15) is 5.75 Å². The zero-order valence-corrected chi connectivity index (χ0v) is 11.8. The van der Waals surface area contributed by atoms with E-state index < -0.39 is 6.10 Å². The SMILES string of the molecule is CCCC(C)NC(=O)C(C)Oc1ccc(Cl)cc1. The summed E-state index contributed by atoms with van der Waals surface area (Å²) in [4.78, 5) is 11.8. The number of nitrogens with one attached hydrogen (secondary N) is 1. The summed E-state index contributed by atoms with van der Waals surface area (Å²) >= 11 is 5.78. The molecule has 0 aliphatic rings. The molecule has 18 heavy (non-hydrogen) atoms. The molecule has 1 aromatic carbocycles. The van der Waals surface area contributed by atoms with Crippen molar-refractivity contribution < 1.29 is 9.53 Å². The first-order valence-electron chi connectivity index (χ1n) is 6.25. The number of carbonyl (C=O) groups is 1. The van der Waals surface area contributed by atoms with E-state index in [9.17, 15) is 4.79 Å². The molecule has 1 amide bonds. The minimum absolute atomic E-state index is 0.0918. The van der Waals surface area contributed by atoms with E-state index in [1.165, 1.54) is 0 Å². The van der Waals surface area contributed by atoms with Crippen LogP contribution in [0, 0.1) is 0 Å². The van der Waals surface area contributed by atoms with Crippen molar-refractivity contribution in [2.24, 2.45) is 0 Å². The molecule has 1 N–H and O–H groups in total. The van der Waals surface area contributed by atoms with Gasteiger partial charge in [0.15, 0.2) is 6.10 Å². The van der Waals surface area contributed by atoms with E-state index in [1.54, 1.807) is 31.2 Å². The molecule has 3 nitrogen and oxygen atoms in total. The van der Waals surface area contributed by atoms with Crippen molar-refractivity contribution in [2.75, 3.05) is 0 Å². The molecule has 2 atom stereocenters. The smallest absolute Gasteiger partial charge is 0.260 e. The summed E-state index contributed by atoms with van der Waals surface area (Å²) in [7, 11) is 0. The number of hydrogen-bond donors (Lipinski definition) is 1. The third-order valence-corrected chi connectivity index (χ3v) is 2.86. The second-order valence-corrected chi connectivity index (χ2v) is 4.85. The Balaban J connectivity index is 2.46. The van der Waals surface area contributed by atoms with Crippen LogP contribution in [0.1, 0.15) is 33.6 Å². The Labute approximate surface area is 113 Å². The van der Waals surface area contributed by atoms with Gasteiger partial charge in [0.25, 0.3) is 5.91 Å². The molecule has 0 heterocycles. The lowest BCUT2D eigenvalue weighted by Gasteiger charge is -2.18. The normalized spacial score (nSPS) is 13.8. The Kier molecular flexibility index (Phi) is 5.99. The quantitative estimate of drug-likeness (QED) is 0.859. The fraction of sp³-hybridized carbons (Fsp3) is 0.500. The summed E-state index contributed by atoms with van der Waals surface area (Å²) in [6.45, 7) is 5.83. The molecule has 0 fully saturated rings. The highest BCUT2D eigenvalue weighted by Crippen LogP contribution is 2.16. The van der Waals surface area contributed by atoms with E-state index in [0.29, 0.717) is 10.8 Å². The van der Waals surface area contributed by atoms with Crippen molar-refractivity contribution in [1.29, 1.82) is 0 Å². The summed E-state index contributed by atoms with van der Waals surface area (Å²) in [5, 5.41) is 3.57. The third-order valence-electron chi connectivity index (χ3n) is 2.61. The standard InChI is InChI=1S/C14H20ClNO2/c1-4-5-10(2)16-14(17)11(3)18-13-8-6-12(15)7-9-13/h6-11H,4-5H2,1-3H3,(H,16,17). The van der Waals surface area contributed by atoms with Gasteiger partial charge < -0.3 is 10.1 Å². The molecule has 100 valence electrons. The number of rotatable bonds is 6. The number of benzene rings is 1. The number of halogens is 1. The van der Waals surface area contributed by atoms with Crippen molar-refractivity contribution >= 4 is 17.5 Å². The van der Waals surface area contributed by atoms with Gasteiger partial charge in [-0.05, 0) is 44.5 Å². The molecule has 0 aromatic heterocycles. The summed E-state index contributed by atoms with van der Waals surface area (Å²) in [6, 6.07) is 7.16. The van der Waals surface area contributed by atoms with Crippen LogP contribution in [0.3, 0.4) is 0 Å². The maximum atomic E-state index is 11.8. The summed E-state index contributed by atoms with van der Waals surface area (Å²) in [5.74, 6) is 0.552. The Morgan fingerprint density at radius 3 is 2.50 bits per heavy atom. The number of carbonyl (C=O) groups excluding carboxylic acids is 1. The van der Waals surface area contributed by atoms with Gasteiger partial charge in [-0.15, -0.1) is 0 Å². The molecule has 2 unspecified atom stereocenters. The molecular formula is C14H20ClNO2. The Morgan fingerprint density at radius 1 is 1.33 bits per heavy atom. The van der Waals surface area contributed by atoms with Crippen molar-refractivity contribution in [1.82, 2.24) is 5.32 Å². The first kappa shape index (κ1) is 14.8. The summed E-state index contributed by atoms with van der Waals surface area (Å²) in [6.07, 6.45) is 1.51. The number of ether oxygens (including phenoxy) is 1. The highest BCUT2D eigenvalue weighted by Gasteiger charge is 2.16. The Bertz CT molecular complexity index is 378. The summed E-state index contributed by atoms with van der Waals surface area (Å²) < 4.78 is 5.54. The molecule has 0 aliphatic heterocycles. The molecule has 0 radical (unpaired) electrons. The molecule has 0 saturated heterocycles. The average Bonchev–Trinajstić information content (AvgIpc) is 2.32. The van der Waals surface area contributed by atoms with Crippen molar-refractivity contribution in [2.45, 2.75) is 45.8 Å². The fourth-order valence-corrected chi connectivity index (χ4v) is 1.76. The number of amides is 1. The van der Waals surface area contributed by atoms with Gasteiger partial charge in [0.2, 0.25) is 0 Å². The van der Waals surface area contributed by atoms with Gasteiger partial charge in [0.05, 0.1) is 0 Å². The van der Waals surface area contributed by atoms with Crippen LogP contribution < -0.4 is 10.1 Å². The predicted octanol–water partition coefficient (Wildman–Crippen LogP) is 3.41. The van der Waals surface area contributed by atoms with Crippen LogP contribution in [0.15, 0.2) is 24.3 Å². The van der Waals surface area contributed by atoms with E-state index >= 15 is 0 Å². The largest absolute Gasteiger partial charge is 0.481 e. The van der Waals surface area contributed by atoms with Crippen molar-refractivity contribution in [3.05, 3.63) is 29.3 Å².